The van der Waals surface area contributed by atoms with Crippen LogP contribution in [0.2, 0.25) is 0 Å². The number of nitrogens with zero attached hydrogens (tertiary/aromatic N) is 3. The van der Waals surface area contributed by atoms with Gasteiger partial charge in [0.15, 0.2) is 5.96 Å². The van der Waals surface area contributed by atoms with E-state index in [0.29, 0.717) is 6.04 Å². The molecule has 0 aromatic carbocycles. The highest BCUT2D eigenvalue weighted by Gasteiger charge is 2.22. The normalized spacial score (nSPS) is 25.0. The maximum Gasteiger partial charge on any atom is 0.191 e. The molecule has 2 N–H and O–H groups in total. The fourth-order valence-electron chi connectivity index (χ4n) is 3.82. The topological polar surface area (TPSA) is 42.9 Å². The molecule has 5 nitrogen and oxygen atoms in total. The molecule has 1 saturated heterocycles. The maximum atomic E-state index is 4.35. The predicted octanol–water partition coefficient (Wildman–Crippen LogP) is 1.76. The quantitative estimate of drug-likeness (QED) is 0.426. The molecule has 2 fully saturated rings. The zero-order chi connectivity index (χ0) is 16.5. The highest BCUT2D eigenvalue weighted by atomic mass is 15.3. The van der Waals surface area contributed by atoms with Gasteiger partial charge in [-0.25, -0.2) is 0 Å². The highest BCUT2D eigenvalue weighted by molar-refractivity contribution is 5.79. The molecule has 0 aromatic rings. The Morgan fingerprint density at radius 1 is 1.09 bits per heavy atom. The van der Waals surface area contributed by atoms with Gasteiger partial charge in [0, 0.05) is 45.8 Å². The number of likely N-dealkylation sites (N-methyl/N-ethyl adjacent to an activating group) is 2. The van der Waals surface area contributed by atoms with Crippen LogP contribution in [-0.4, -0.2) is 75.7 Å². The van der Waals surface area contributed by atoms with Gasteiger partial charge >= 0.3 is 0 Å². The first kappa shape index (κ1) is 18.5. The molecule has 0 spiro atoms. The maximum absolute atomic E-state index is 4.35. The number of unbranched alkanes of at least 4 members (excludes halogenated alkanes) is 1. The van der Waals surface area contributed by atoms with Gasteiger partial charge in [0.2, 0.25) is 0 Å². The van der Waals surface area contributed by atoms with Crippen LogP contribution < -0.4 is 10.6 Å². The monoisotopic (exact) mass is 323 g/mol. The number of nitrogens with one attached hydrogen (secondary N) is 2. The summed E-state index contributed by atoms with van der Waals surface area (Å²) in [6.07, 6.45) is 9.90. The number of hydrogen-bond donors (Lipinski definition) is 2. The lowest BCUT2D eigenvalue weighted by molar-refractivity contribution is 0.116. The molecule has 134 valence electrons. The van der Waals surface area contributed by atoms with Crippen molar-refractivity contribution in [3.05, 3.63) is 0 Å². The second-order valence-electron chi connectivity index (χ2n) is 7.42. The first-order valence-corrected chi connectivity index (χ1v) is 9.52. The van der Waals surface area contributed by atoms with Crippen molar-refractivity contribution in [1.82, 2.24) is 20.4 Å². The SMILES string of the molecule is CN=C(NCCCCC1CCCC1)NCC1CN(C)CCN1C. The van der Waals surface area contributed by atoms with Gasteiger partial charge in [0.25, 0.3) is 0 Å². The molecular formula is C18H37N5. The van der Waals surface area contributed by atoms with Crippen LogP contribution in [0.5, 0.6) is 0 Å². The minimum atomic E-state index is 0.565. The summed E-state index contributed by atoms with van der Waals surface area (Å²) in [4.78, 5) is 9.21. The lowest BCUT2D eigenvalue weighted by Gasteiger charge is -2.37. The summed E-state index contributed by atoms with van der Waals surface area (Å²) >= 11 is 0. The summed E-state index contributed by atoms with van der Waals surface area (Å²) in [6, 6.07) is 0.565. The fraction of sp³-hybridized carbons (Fsp3) is 0.944. The smallest absolute Gasteiger partial charge is 0.191 e. The number of piperazine rings is 1. The largest absolute Gasteiger partial charge is 0.356 e. The third kappa shape index (κ3) is 6.68. The molecular weight excluding hydrogens is 286 g/mol. The van der Waals surface area contributed by atoms with Crippen molar-refractivity contribution < 1.29 is 0 Å². The molecule has 2 aliphatic rings. The van der Waals surface area contributed by atoms with Gasteiger partial charge in [-0.2, -0.15) is 0 Å². The lowest BCUT2D eigenvalue weighted by atomic mass is 10.0. The molecule has 0 bridgehead atoms. The van der Waals surface area contributed by atoms with Crippen LogP contribution in [0.15, 0.2) is 4.99 Å². The van der Waals surface area contributed by atoms with Crippen LogP contribution in [0.25, 0.3) is 0 Å². The van der Waals surface area contributed by atoms with Gasteiger partial charge in [-0.3, -0.25) is 9.89 Å². The van der Waals surface area contributed by atoms with Crippen LogP contribution >= 0.6 is 0 Å². The second kappa shape index (κ2) is 10.1. The van der Waals surface area contributed by atoms with Gasteiger partial charge in [-0.15, -0.1) is 0 Å². The fourth-order valence-corrected chi connectivity index (χ4v) is 3.82. The Morgan fingerprint density at radius 2 is 1.87 bits per heavy atom. The Morgan fingerprint density at radius 3 is 2.61 bits per heavy atom. The molecule has 1 aliphatic heterocycles. The molecule has 1 unspecified atom stereocenters. The summed E-state index contributed by atoms with van der Waals surface area (Å²) in [6.45, 7) is 5.44. The van der Waals surface area contributed by atoms with Gasteiger partial charge in [0.1, 0.15) is 0 Å². The first-order chi connectivity index (χ1) is 11.2. The summed E-state index contributed by atoms with van der Waals surface area (Å²) in [5.41, 5.74) is 0. The average Bonchev–Trinajstić information content (AvgIpc) is 3.06. The lowest BCUT2D eigenvalue weighted by Crippen LogP contribution is -2.55. The Bertz CT molecular complexity index is 351. The van der Waals surface area contributed by atoms with E-state index in [2.05, 4.69) is 39.5 Å². The third-order valence-electron chi connectivity index (χ3n) is 5.52. The standard InChI is InChI=1S/C18H37N5/c1-19-18(20-11-7-6-10-16-8-4-5-9-16)21-14-17-15-22(2)12-13-23(17)3/h16-17H,4-15H2,1-3H3,(H2,19,20,21). The van der Waals surface area contributed by atoms with Crippen molar-refractivity contribution in [2.75, 3.05) is 53.9 Å². The third-order valence-corrected chi connectivity index (χ3v) is 5.52. The predicted molar refractivity (Wildman–Crippen MR) is 99.1 cm³/mol. The van der Waals surface area contributed by atoms with E-state index in [4.69, 9.17) is 0 Å². The zero-order valence-corrected chi connectivity index (χ0v) is 15.5. The Balaban J connectivity index is 1.55. The van der Waals surface area contributed by atoms with Crippen LogP contribution in [-0.2, 0) is 0 Å². The molecule has 1 aliphatic carbocycles. The van der Waals surface area contributed by atoms with Gasteiger partial charge in [0.05, 0.1) is 0 Å². The van der Waals surface area contributed by atoms with Crippen molar-refractivity contribution in [3.63, 3.8) is 0 Å². The van der Waals surface area contributed by atoms with Crippen molar-refractivity contribution in [2.24, 2.45) is 10.9 Å². The number of aliphatic imine (C=N–C) groups is 1. The molecule has 23 heavy (non-hydrogen) atoms. The Hall–Kier alpha value is -0.810. The minimum Gasteiger partial charge on any atom is -0.356 e. The van der Waals surface area contributed by atoms with E-state index in [-0.39, 0.29) is 0 Å². The summed E-state index contributed by atoms with van der Waals surface area (Å²) < 4.78 is 0. The van der Waals surface area contributed by atoms with Crippen LogP contribution in [0, 0.1) is 5.92 Å². The van der Waals surface area contributed by atoms with E-state index >= 15 is 0 Å². The number of rotatable bonds is 7. The van der Waals surface area contributed by atoms with Crippen molar-refractivity contribution in [1.29, 1.82) is 0 Å². The van der Waals surface area contributed by atoms with Crippen molar-refractivity contribution in [3.8, 4) is 0 Å². The van der Waals surface area contributed by atoms with Crippen molar-refractivity contribution in [2.45, 2.75) is 51.0 Å². The van der Waals surface area contributed by atoms with E-state index in [1.54, 1.807) is 0 Å². The van der Waals surface area contributed by atoms with E-state index in [9.17, 15) is 0 Å². The van der Waals surface area contributed by atoms with Crippen LogP contribution in [0.1, 0.15) is 44.9 Å². The molecule has 5 heteroatoms. The number of guanidine groups is 1. The Kier molecular flexibility index (Phi) is 8.17. The molecule has 0 radical (unpaired) electrons. The van der Waals surface area contributed by atoms with Crippen molar-refractivity contribution >= 4 is 5.96 Å². The second-order valence-corrected chi connectivity index (χ2v) is 7.42. The van der Waals surface area contributed by atoms with Crippen LogP contribution in [0.3, 0.4) is 0 Å². The number of hydrogen-bond acceptors (Lipinski definition) is 3. The van der Waals surface area contributed by atoms with Gasteiger partial charge in [-0.05, 0) is 26.4 Å². The zero-order valence-electron chi connectivity index (χ0n) is 15.5. The first-order valence-electron chi connectivity index (χ1n) is 9.52. The minimum absolute atomic E-state index is 0.565. The molecule has 0 amide bonds. The van der Waals surface area contributed by atoms with Gasteiger partial charge < -0.3 is 15.5 Å². The average molecular weight is 324 g/mol. The summed E-state index contributed by atoms with van der Waals surface area (Å²) in [5, 5.41) is 6.96. The summed E-state index contributed by atoms with van der Waals surface area (Å²) in [7, 11) is 6.29. The van der Waals surface area contributed by atoms with E-state index in [1.807, 2.05) is 7.05 Å². The van der Waals surface area contributed by atoms with Crippen LogP contribution in [0.4, 0.5) is 0 Å². The molecule has 2 rings (SSSR count). The molecule has 1 heterocycles. The van der Waals surface area contributed by atoms with E-state index in [1.165, 1.54) is 51.5 Å². The van der Waals surface area contributed by atoms with E-state index in [0.717, 1.165) is 38.1 Å². The molecule has 1 saturated carbocycles. The van der Waals surface area contributed by atoms with E-state index < -0.39 is 0 Å². The summed E-state index contributed by atoms with van der Waals surface area (Å²) in [5.74, 6) is 1.97. The highest BCUT2D eigenvalue weighted by Crippen LogP contribution is 2.28. The molecule has 0 aromatic heterocycles. The molecule has 1 atom stereocenters. The van der Waals surface area contributed by atoms with Gasteiger partial charge in [-0.1, -0.05) is 38.5 Å². The Labute approximate surface area is 142 Å².